The number of unbranched alkanes of at least 4 members (excludes halogenated alkanes) is 1. The summed E-state index contributed by atoms with van der Waals surface area (Å²) in [6.07, 6.45) is 5.13. The lowest BCUT2D eigenvalue weighted by molar-refractivity contribution is 0.579. The van der Waals surface area contributed by atoms with E-state index in [1.807, 2.05) is 26.8 Å². The summed E-state index contributed by atoms with van der Waals surface area (Å²) in [7, 11) is 0. The molecule has 0 atom stereocenters. The van der Waals surface area contributed by atoms with Crippen LogP contribution in [0.2, 0.25) is 5.15 Å². The molecule has 2 aliphatic rings. The Bertz CT molecular complexity index is 932. The molecule has 138 valence electrons. The van der Waals surface area contributed by atoms with Crippen molar-refractivity contribution in [3.8, 4) is 11.4 Å². The lowest BCUT2D eigenvalue weighted by Gasteiger charge is -2.15. The number of rotatable bonds is 5. The lowest BCUT2D eigenvalue weighted by Crippen LogP contribution is -2.38. The van der Waals surface area contributed by atoms with Crippen LogP contribution in [0.1, 0.15) is 39.2 Å². The quantitative estimate of drug-likeness (QED) is 0.641. The predicted molar refractivity (Wildman–Crippen MR) is 104 cm³/mol. The van der Waals surface area contributed by atoms with E-state index in [4.69, 9.17) is 11.6 Å². The average molecular weight is 375 g/mol. The number of hydrogen-bond acceptors (Lipinski definition) is 4. The molecule has 0 N–H and O–H groups in total. The summed E-state index contributed by atoms with van der Waals surface area (Å²) in [6, 6.07) is 7.03. The first-order valence-electron chi connectivity index (χ1n) is 8.80. The molecule has 6 nitrogen and oxygen atoms in total. The monoisotopic (exact) mass is 374 g/mol. The van der Waals surface area contributed by atoms with Crippen LogP contribution < -0.4 is 11.2 Å². The third-order valence-electron chi connectivity index (χ3n) is 3.83. The Morgan fingerprint density at radius 3 is 2.58 bits per heavy atom. The molecule has 1 aromatic rings. The Kier molecular flexibility index (Phi) is 7.09. The first kappa shape index (κ1) is 19.8. The van der Waals surface area contributed by atoms with Crippen LogP contribution in [0.5, 0.6) is 0 Å². The fourth-order valence-electron chi connectivity index (χ4n) is 2.56. The molecule has 3 heterocycles. The summed E-state index contributed by atoms with van der Waals surface area (Å²) >= 11 is 5.79. The maximum Gasteiger partial charge on any atom is 0.352 e. The van der Waals surface area contributed by atoms with E-state index in [2.05, 4.69) is 9.97 Å². The zero-order valence-corrected chi connectivity index (χ0v) is 16.0. The summed E-state index contributed by atoms with van der Waals surface area (Å²) in [5.41, 5.74) is 0.550. The summed E-state index contributed by atoms with van der Waals surface area (Å²) < 4.78 is 2.98. The van der Waals surface area contributed by atoms with Crippen LogP contribution in [0.15, 0.2) is 46.2 Å². The molecule has 1 aromatic heterocycles. The topological polar surface area (TPSA) is 69.8 Å². The molecule has 0 aromatic carbocycles. The Balaban J connectivity index is 0.00000117. The summed E-state index contributed by atoms with van der Waals surface area (Å²) in [6.45, 7) is 6.86. The van der Waals surface area contributed by atoms with Crippen LogP contribution >= 0.6 is 11.6 Å². The number of aromatic nitrogens is 4. The largest absolute Gasteiger partial charge is 0.352 e. The van der Waals surface area contributed by atoms with Gasteiger partial charge in [-0.3, -0.25) is 9.36 Å². The Morgan fingerprint density at radius 1 is 1.15 bits per heavy atom. The van der Waals surface area contributed by atoms with E-state index >= 15 is 0 Å². The van der Waals surface area contributed by atoms with Crippen LogP contribution in [0.4, 0.5) is 0 Å². The van der Waals surface area contributed by atoms with Gasteiger partial charge in [-0.25, -0.2) is 9.78 Å². The predicted octanol–water partition coefficient (Wildman–Crippen LogP) is 3.43. The van der Waals surface area contributed by atoms with Crippen molar-refractivity contribution < 1.29 is 0 Å². The summed E-state index contributed by atoms with van der Waals surface area (Å²) in [5, 5.41) is 0.417. The standard InChI is InChI=1S/C17H17ClN4O2.C2H6/c1-2-3-9-22-16(23)13-5-4-8-21(15(13)20-17(22)24)11-12-6-7-14(18)19-10-12;1-2/h4-8,10H,2-3,9,11H2,1H3;1-2H3. The van der Waals surface area contributed by atoms with E-state index in [9.17, 15) is 9.59 Å². The molecule has 2 aliphatic heterocycles. The third-order valence-corrected chi connectivity index (χ3v) is 4.05. The highest BCUT2D eigenvalue weighted by Gasteiger charge is 2.16. The van der Waals surface area contributed by atoms with Crippen molar-refractivity contribution >= 4 is 11.6 Å². The molecule has 0 aliphatic carbocycles. The van der Waals surface area contributed by atoms with Crippen molar-refractivity contribution in [2.24, 2.45) is 0 Å². The minimum atomic E-state index is -0.505. The molecular weight excluding hydrogens is 352 g/mol. The van der Waals surface area contributed by atoms with Gasteiger partial charge in [0.15, 0.2) is 5.82 Å². The average Bonchev–Trinajstić information content (AvgIpc) is 2.66. The Labute approximate surface area is 157 Å². The van der Waals surface area contributed by atoms with Crippen molar-refractivity contribution in [2.75, 3.05) is 0 Å². The van der Waals surface area contributed by atoms with E-state index in [0.29, 0.717) is 29.6 Å². The third kappa shape index (κ3) is 4.38. The number of fused-ring (bicyclic) bond motifs is 1. The van der Waals surface area contributed by atoms with Crippen LogP contribution in [0, 0.1) is 0 Å². The second-order valence-corrected chi connectivity index (χ2v) is 5.95. The van der Waals surface area contributed by atoms with Gasteiger partial charge in [0, 0.05) is 18.9 Å². The number of pyridine rings is 2. The summed E-state index contributed by atoms with van der Waals surface area (Å²) in [4.78, 5) is 33.0. The molecule has 3 rings (SSSR count). The summed E-state index contributed by atoms with van der Waals surface area (Å²) in [5.74, 6) is 0.384. The maximum absolute atomic E-state index is 12.6. The number of nitrogens with zero attached hydrogens (tertiary/aromatic N) is 4. The van der Waals surface area contributed by atoms with Gasteiger partial charge in [-0.15, -0.1) is 0 Å². The zero-order valence-electron chi connectivity index (χ0n) is 15.3. The minimum absolute atomic E-state index is 0.290. The van der Waals surface area contributed by atoms with Gasteiger partial charge in [-0.2, -0.15) is 4.98 Å². The van der Waals surface area contributed by atoms with Gasteiger partial charge < -0.3 is 4.57 Å². The zero-order chi connectivity index (χ0) is 19.1. The Hall–Kier alpha value is -2.47. The molecule has 0 amide bonds. The van der Waals surface area contributed by atoms with Crippen molar-refractivity contribution in [1.29, 1.82) is 0 Å². The molecule has 0 unspecified atom stereocenters. The van der Waals surface area contributed by atoms with Crippen molar-refractivity contribution in [3.63, 3.8) is 0 Å². The lowest BCUT2D eigenvalue weighted by atomic mass is 10.2. The SMILES string of the molecule is CC.CCCCn1c(=O)nc2n(Cc3ccc(Cl)nc3)cccc-2c1=O. The van der Waals surface area contributed by atoms with E-state index in [0.717, 1.165) is 18.4 Å². The highest BCUT2D eigenvalue weighted by atomic mass is 35.5. The molecule has 0 saturated carbocycles. The van der Waals surface area contributed by atoms with Crippen LogP contribution in [0.3, 0.4) is 0 Å². The Morgan fingerprint density at radius 2 is 1.92 bits per heavy atom. The van der Waals surface area contributed by atoms with Crippen LogP contribution in [-0.4, -0.2) is 19.1 Å². The molecule has 0 bridgehead atoms. The van der Waals surface area contributed by atoms with Crippen molar-refractivity contribution in [2.45, 2.75) is 46.7 Å². The highest BCUT2D eigenvalue weighted by molar-refractivity contribution is 6.29. The molecule has 0 saturated heterocycles. The van der Waals surface area contributed by atoms with Crippen LogP contribution in [0.25, 0.3) is 11.4 Å². The van der Waals surface area contributed by atoms with Gasteiger partial charge >= 0.3 is 5.69 Å². The van der Waals surface area contributed by atoms with Gasteiger partial charge in [-0.05, 0) is 30.2 Å². The minimum Gasteiger partial charge on any atom is -0.328 e. The molecule has 0 radical (unpaired) electrons. The maximum atomic E-state index is 12.6. The van der Waals surface area contributed by atoms with Crippen LogP contribution in [-0.2, 0) is 13.1 Å². The van der Waals surface area contributed by atoms with Gasteiger partial charge in [0.1, 0.15) is 5.15 Å². The smallest absolute Gasteiger partial charge is 0.328 e. The normalized spacial score (nSPS) is 10.5. The van der Waals surface area contributed by atoms with E-state index in [-0.39, 0.29) is 5.56 Å². The van der Waals surface area contributed by atoms with Crippen molar-refractivity contribution in [1.82, 2.24) is 19.1 Å². The first-order chi connectivity index (χ1) is 12.6. The fourth-order valence-corrected chi connectivity index (χ4v) is 2.67. The number of hydrogen-bond donors (Lipinski definition) is 0. The first-order valence-corrected chi connectivity index (χ1v) is 9.18. The van der Waals surface area contributed by atoms with E-state index in [1.54, 1.807) is 35.2 Å². The molecule has 26 heavy (non-hydrogen) atoms. The van der Waals surface area contributed by atoms with Gasteiger partial charge in [0.2, 0.25) is 0 Å². The van der Waals surface area contributed by atoms with Gasteiger partial charge in [0.25, 0.3) is 5.56 Å². The fraction of sp³-hybridized carbons (Fsp3) is 0.368. The number of halogens is 1. The second-order valence-electron chi connectivity index (χ2n) is 5.57. The van der Waals surface area contributed by atoms with E-state index < -0.39 is 5.69 Å². The molecule has 7 heteroatoms. The van der Waals surface area contributed by atoms with Gasteiger partial charge in [0.05, 0.1) is 12.1 Å². The van der Waals surface area contributed by atoms with E-state index in [1.165, 1.54) is 4.57 Å². The molecule has 0 fully saturated rings. The second kappa shape index (κ2) is 9.29. The molecular formula is C19H23ClN4O2. The van der Waals surface area contributed by atoms with Gasteiger partial charge in [-0.1, -0.05) is 44.9 Å². The molecule has 0 spiro atoms. The highest BCUT2D eigenvalue weighted by Crippen LogP contribution is 2.15. The van der Waals surface area contributed by atoms with Crippen molar-refractivity contribution in [3.05, 3.63) is 68.2 Å².